The highest BCUT2D eigenvalue weighted by atomic mass is 35.5. The van der Waals surface area contributed by atoms with Crippen LogP contribution >= 0.6 is 11.6 Å². The molecule has 0 radical (unpaired) electrons. The maximum Gasteiger partial charge on any atom is 0.244 e. The quantitative estimate of drug-likeness (QED) is 0.941. The van der Waals surface area contributed by atoms with Gasteiger partial charge in [-0.05, 0) is 30.2 Å². The molecule has 0 saturated heterocycles. The lowest BCUT2D eigenvalue weighted by atomic mass is 10.1. The van der Waals surface area contributed by atoms with Gasteiger partial charge in [0, 0.05) is 16.2 Å². The van der Waals surface area contributed by atoms with E-state index in [2.05, 4.69) is 10.1 Å². The molecular formula is C15H16ClN3O2. The second kappa shape index (κ2) is 5.50. The van der Waals surface area contributed by atoms with Gasteiger partial charge in [0.25, 0.3) is 0 Å². The van der Waals surface area contributed by atoms with E-state index in [1.54, 1.807) is 6.07 Å². The Bertz CT molecular complexity index is 694. The van der Waals surface area contributed by atoms with Crippen LogP contribution in [0.15, 0.2) is 22.7 Å². The van der Waals surface area contributed by atoms with Crippen molar-refractivity contribution in [2.24, 2.45) is 11.7 Å². The number of hydrogen-bond donors (Lipinski definition) is 1. The van der Waals surface area contributed by atoms with Crippen molar-refractivity contribution in [2.75, 3.05) is 6.61 Å². The first-order chi connectivity index (χ1) is 10.0. The highest BCUT2D eigenvalue weighted by Gasteiger charge is 2.21. The minimum atomic E-state index is -0.266. The molecule has 1 atom stereocenters. The zero-order valence-corrected chi connectivity index (χ0v) is 12.6. The second-order valence-electron chi connectivity index (χ2n) is 5.37. The molecule has 2 aromatic rings. The van der Waals surface area contributed by atoms with Crippen LogP contribution in [0.25, 0.3) is 11.6 Å². The maximum absolute atomic E-state index is 6.01. The molecule has 0 amide bonds. The van der Waals surface area contributed by atoms with Gasteiger partial charge in [0.05, 0.1) is 6.04 Å². The molecular weight excluding hydrogens is 290 g/mol. The average molecular weight is 306 g/mol. The summed E-state index contributed by atoms with van der Waals surface area (Å²) in [5.41, 5.74) is 7.76. The number of rotatable bonds is 3. The summed E-state index contributed by atoms with van der Waals surface area (Å²) in [6.45, 7) is 4.41. The molecule has 1 aromatic heterocycles. The van der Waals surface area contributed by atoms with Gasteiger partial charge in [-0.2, -0.15) is 4.98 Å². The largest absolute Gasteiger partial charge is 0.488 e. The monoisotopic (exact) mass is 305 g/mol. The van der Waals surface area contributed by atoms with Crippen molar-refractivity contribution >= 4 is 23.3 Å². The van der Waals surface area contributed by atoms with Crippen molar-refractivity contribution in [3.8, 4) is 5.75 Å². The molecule has 0 bridgehead atoms. The molecule has 0 fully saturated rings. The smallest absolute Gasteiger partial charge is 0.244 e. The molecule has 0 saturated carbocycles. The Balaban J connectivity index is 1.91. The Morgan fingerprint density at radius 3 is 2.90 bits per heavy atom. The number of ether oxygens (including phenoxy) is 1. The van der Waals surface area contributed by atoms with Crippen molar-refractivity contribution in [1.29, 1.82) is 0 Å². The molecule has 2 heterocycles. The first-order valence-electron chi connectivity index (χ1n) is 6.77. The molecule has 1 aliphatic heterocycles. The Labute approximate surface area is 127 Å². The number of fused-ring (bicyclic) bond motifs is 1. The first-order valence-corrected chi connectivity index (χ1v) is 7.15. The van der Waals surface area contributed by atoms with Gasteiger partial charge in [0.15, 0.2) is 0 Å². The van der Waals surface area contributed by atoms with E-state index in [1.807, 2.05) is 32.1 Å². The summed E-state index contributed by atoms with van der Waals surface area (Å²) < 4.78 is 10.9. The van der Waals surface area contributed by atoms with Crippen LogP contribution in [0, 0.1) is 5.92 Å². The number of aromatic nitrogens is 2. The van der Waals surface area contributed by atoms with E-state index < -0.39 is 0 Å². The molecule has 0 spiro atoms. The summed E-state index contributed by atoms with van der Waals surface area (Å²) >= 11 is 6.00. The summed E-state index contributed by atoms with van der Waals surface area (Å²) in [6.07, 6.45) is 1.96. The minimum absolute atomic E-state index is 0.231. The molecule has 21 heavy (non-hydrogen) atoms. The summed E-state index contributed by atoms with van der Waals surface area (Å²) in [4.78, 5) is 4.37. The Hall–Kier alpha value is -1.85. The minimum Gasteiger partial charge on any atom is -0.488 e. The van der Waals surface area contributed by atoms with Crippen molar-refractivity contribution in [1.82, 2.24) is 10.1 Å². The van der Waals surface area contributed by atoms with Crippen LogP contribution in [0.5, 0.6) is 5.75 Å². The number of benzene rings is 1. The zero-order chi connectivity index (χ0) is 15.0. The van der Waals surface area contributed by atoms with Gasteiger partial charge in [-0.25, -0.2) is 0 Å². The normalized spacial score (nSPS) is 15.4. The molecule has 1 aromatic carbocycles. The van der Waals surface area contributed by atoms with Gasteiger partial charge in [-0.3, -0.25) is 0 Å². The van der Waals surface area contributed by atoms with Gasteiger partial charge >= 0.3 is 0 Å². The third kappa shape index (κ3) is 2.80. The molecule has 110 valence electrons. The van der Waals surface area contributed by atoms with Crippen LogP contribution in [-0.4, -0.2) is 16.7 Å². The van der Waals surface area contributed by atoms with Crippen molar-refractivity contribution in [3.05, 3.63) is 40.5 Å². The number of halogens is 1. The van der Waals surface area contributed by atoms with E-state index in [9.17, 15) is 0 Å². The standard InChI is InChI=1S/C15H16ClN3O2/c1-8(2)13(17)15-18-14(19-21-15)10-5-9-6-11(16)3-4-12(9)20-7-10/h3-6,8,13H,7,17H2,1-2H3/t13-/m0/s1. The second-order valence-corrected chi connectivity index (χ2v) is 5.80. The first kappa shape index (κ1) is 14.1. The van der Waals surface area contributed by atoms with Crippen LogP contribution in [0.4, 0.5) is 0 Å². The van der Waals surface area contributed by atoms with E-state index in [0.717, 1.165) is 16.9 Å². The Morgan fingerprint density at radius 1 is 1.33 bits per heavy atom. The topological polar surface area (TPSA) is 74.2 Å². The third-order valence-corrected chi connectivity index (χ3v) is 3.65. The van der Waals surface area contributed by atoms with E-state index in [1.165, 1.54) is 0 Å². The molecule has 6 heteroatoms. The predicted molar refractivity (Wildman–Crippen MR) is 80.9 cm³/mol. The lowest BCUT2D eigenvalue weighted by Crippen LogP contribution is -2.17. The van der Waals surface area contributed by atoms with Crippen molar-refractivity contribution in [3.63, 3.8) is 0 Å². The van der Waals surface area contributed by atoms with Crippen LogP contribution in [-0.2, 0) is 0 Å². The Morgan fingerprint density at radius 2 is 2.14 bits per heavy atom. The van der Waals surface area contributed by atoms with Gasteiger partial charge in [-0.1, -0.05) is 30.6 Å². The van der Waals surface area contributed by atoms with Crippen LogP contribution in [0.2, 0.25) is 5.02 Å². The fourth-order valence-electron chi connectivity index (χ4n) is 2.06. The molecule has 3 rings (SSSR count). The predicted octanol–water partition coefficient (Wildman–Crippen LogP) is 3.31. The lowest BCUT2D eigenvalue weighted by Gasteiger charge is -2.16. The molecule has 2 N–H and O–H groups in total. The third-order valence-electron chi connectivity index (χ3n) is 3.42. The van der Waals surface area contributed by atoms with Crippen LogP contribution in [0.1, 0.15) is 37.2 Å². The lowest BCUT2D eigenvalue weighted by molar-refractivity contribution is 0.322. The molecule has 5 nitrogen and oxygen atoms in total. The molecule has 1 aliphatic rings. The van der Waals surface area contributed by atoms with E-state index in [0.29, 0.717) is 23.3 Å². The Kier molecular flexibility index (Phi) is 3.69. The summed E-state index contributed by atoms with van der Waals surface area (Å²) in [7, 11) is 0. The van der Waals surface area contributed by atoms with Gasteiger partial charge < -0.3 is 15.0 Å². The summed E-state index contributed by atoms with van der Waals surface area (Å²) in [5, 5.41) is 4.65. The maximum atomic E-state index is 6.01. The van der Waals surface area contributed by atoms with Crippen molar-refractivity contribution in [2.45, 2.75) is 19.9 Å². The van der Waals surface area contributed by atoms with Crippen LogP contribution in [0.3, 0.4) is 0 Å². The molecule has 0 unspecified atom stereocenters. The van der Waals surface area contributed by atoms with E-state index in [4.69, 9.17) is 26.6 Å². The van der Waals surface area contributed by atoms with Crippen molar-refractivity contribution < 1.29 is 9.26 Å². The van der Waals surface area contributed by atoms with Gasteiger partial charge in [-0.15, -0.1) is 0 Å². The highest BCUT2D eigenvalue weighted by Crippen LogP contribution is 2.32. The van der Waals surface area contributed by atoms with Gasteiger partial charge in [0.2, 0.25) is 11.7 Å². The average Bonchev–Trinajstić information content (AvgIpc) is 2.95. The number of nitrogens with zero attached hydrogens (tertiary/aromatic N) is 2. The molecule has 0 aliphatic carbocycles. The highest BCUT2D eigenvalue weighted by molar-refractivity contribution is 6.30. The number of nitrogens with two attached hydrogens (primary N) is 1. The van der Waals surface area contributed by atoms with Gasteiger partial charge in [0.1, 0.15) is 12.4 Å². The summed E-state index contributed by atoms with van der Waals surface area (Å²) in [5.74, 6) is 1.98. The fraction of sp³-hybridized carbons (Fsp3) is 0.333. The number of hydrogen-bond acceptors (Lipinski definition) is 5. The fourth-order valence-corrected chi connectivity index (χ4v) is 2.24. The van der Waals surface area contributed by atoms with E-state index in [-0.39, 0.29) is 12.0 Å². The van der Waals surface area contributed by atoms with E-state index >= 15 is 0 Å². The SMILES string of the molecule is CC(C)[C@H](N)c1nc(C2=Cc3cc(Cl)ccc3OC2)no1. The van der Waals surface area contributed by atoms with Crippen LogP contribution < -0.4 is 10.5 Å². The summed E-state index contributed by atoms with van der Waals surface area (Å²) in [6, 6.07) is 5.23. The zero-order valence-electron chi connectivity index (χ0n) is 11.8.